The van der Waals surface area contributed by atoms with Crippen LogP contribution in [0, 0.1) is 0 Å². The van der Waals surface area contributed by atoms with Crippen molar-refractivity contribution in [2.75, 3.05) is 0 Å². The van der Waals surface area contributed by atoms with Gasteiger partial charge in [-0.25, -0.2) is 9.36 Å². The van der Waals surface area contributed by atoms with E-state index in [1.165, 1.54) is 16.8 Å². The second-order valence-electron chi connectivity index (χ2n) is 5.77. The van der Waals surface area contributed by atoms with Crippen molar-refractivity contribution in [3.8, 4) is 5.69 Å². The fraction of sp³-hybridized carbons (Fsp3) is 0.188. The Bertz CT molecular complexity index is 1110. The molecular weight excluding hydrogens is 373 g/mol. The van der Waals surface area contributed by atoms with Crippen LogP contribution in [0.5, 0.6) is 0 Å². The first-order chi connectivity index (χ1) is 12.1. The van der Waals surface area contributed by atoms with Crippen molar-refractivity contribution in [2.45, 2.75) is 19.6 Å². The normalized spacial score (nSPS) is 11.9. The molecule has 136 valence electrons. The zero-order valence-corrected chi connectivity index (χ0v) is 14.1. The summed E-state index contributed by atoms with van der Waals surface area (Å²) in [5.41, 5.74) is -2.29. The zero-order valence-electron chi connectivity index (χ0n) is 13.4. The molecule has 6 nitrogen and oxygen atoms in total. The topological polar surface area (TPSA) is 72.7 Å². The van der Waals surface area contributed by atoms with Crippen molar-refractivity contribution in [3.63, 3.8) is 0 Å². The lowest BCUT2D eigenvalue weighted by Gasteiger charge is -2.09. The number of nitrogens with one attached hydrogen (secondary N) is 1. The molecule has 2 heterocycles. The lowest BCUT2D eigenvalue weighted by atomic mass is 10.2. The molecular formula is C16H12ClF3N4O2. The van der Waals surface area contributed by atoms with Crippen LogP contribution < -0.4 is 11.2 Å². The van der Waals surface area contributed by atoms with Gasteiger partial charge in [-0.05, 0) is 25.1 Å². The highest BCUT2D eigenvalue weighted by atomic mass is 35.5. The van der Waals surface area contributed by atoms with Crippen LogP contribution in [0.2, 0.25) is 5.15 Å². The summed E-state index contributed by atoms with van der Waals surface area (Å²) < 4.78 is 40.3. The lowest BCUT2D eigenvalue weighted by molar-refractivity contribution is -0.141. The van der Waals surface area contributed by atoms with E-state index in [0.29, 0.717) is 28.1 Å². The maximum atomic E-state index is 12.7. The van der Waals surface area contributed by atoms with Gasteiger partial charge in [-0.15, -0.1) is 0 Å². The van der Waals surface area contributed by atoms with Crippen LogP contribution in [0.4, 0.5) is 13.2 Å². The second kappa shape index (κ2) is 6.17. The number of nitrogens with zero attached hydrogens (tertiary/aromatic N) is 3. The molecule has 0 radical (unpaired) electrons. The largest absolute Gasteiger partial charge is 0.431 e. The third kappa shape index (κ3) is 3.17. The van der Waals surface area contributed by atoms with Crippen LogP contribution in [0.25, 0.3) is 16.6 Å². The van der Waals surface area contributed by atoms with Crippen molar-refractivity contribution in [3.05, 3.63) is 68.1 Å². The minimum absolute atomic E-state index is 0.0945. The lowest BCUT2D eigenvalue weighted by Crippen LogP contribution is -2.35. The minimum Gasteiger partial charge on any atom is -0.303 e. The van der Waals surface area contributed by atoms with Gasteiger partial charge in [0.25, 0.3) is 5.56 Å². The van der Waals surface area contributed by atoms with E-state index in [9.17, 15) is 22.8 Å². The summed E-state index contributed by atoms with van der Waals surface area (Å²) in [5.74, 6) is 0. The van der Waals surface area contributed by atoms with Gasteiger partial charge in [0.2, 0.25) is 0 Å². The van der Waals surface area contributed by atoms with Gasteiger partial charge in [-0.2, -0.15) is 18.3 Å². The number of rotatable bonds is 3. The highest BCUT2D eigenvalue weighted by molar-refractivity contribution is 6.34. The van der Waals surface area contributed by atoms with Crippen LogP contribution in [-0.4, -0.2) is 19.3 Å². The number of fused-ring (bicyclic) bond motifs is 1. The molecule has 0 unspecified atom stereocenters. The van der Waals surface area contributed by atoms with Gasteiger partial charge in [0.15, 0.2) is 5.15 Å². The first kappa shape index (κ1) is 18.0. The van der Waals surface area contributed by atoms with Gasteiger partial charge in [-0.3, -0.25) is 9.48 Å². The highest BCUT2D eigenvalue weighted by Gasteiger charge is 2.33. The van der Waals surface area contributed by atoms with Gasteiger partial charge in [0.1, 0.15) is 5.69 Å². The molecule has 3 aromatic rings. The molecule has 1 aromatic carbocycles. The molecule has 0 bridgehead atoms. The Morgan fingerprint density at radius 1 is 1.31 bits per heavy atom. The summed E-state index contributed by atoms with van der Waals surface area (Å²) >= 11 is 6.07. The van der Waals surface area contributed by atoms with Crippen LogP contribution in [-0.2, 0) is 12.7 Å². The first-order valence-corrected chi connectivity index (χ1v) is 7.70. The Labute approximate surface area is 149 Å². The van der Waals surface area contributed by atoms with E-state index < -0.39 is 23.1 Å². The maximum absolute atomic E-state index is 12.7. The van der Waals surface area contributed by atoms with Crippen molar-refractivity contribution in [1.82, 2.24) is 19.3 Å². The number of aromatic amines is 1. The maximum Gasteiger partial charge on any atom is 0.431 e. The number of hydrogen-bond acceptors (Lipinski definition) is 3. The van der Waals surface area contributed by atoms with Crippen molar-refractivity contribution >= 4 is 22.5 Å². The predicted molar refractivity (Wildman–Crippen MR) is 90.8 cm³/mol. The Kier molecular flexibility index (Phi) is 4.27. The zero-order chi connectivity index (χ0) is 19.2. The van der Waals surface area contributed by atoms with E-state index in [0.717, 1.165) is 5.57 Å². The van der Waals surface area contributed by atoms with Crippen LogP contribution in [0.15, 0.2) is 46.0 Å². The van der Waals surface area contributed by atoms with Gasteiger partial charge in [0.05, 0.1) is 17.7 Å². The average molecular weight is 385 g/mol. The van der Waals surface area contributed by atoms with E-state index in [1.807, 2.05) is 0 Å². The van der Waals surface area contributed by atoms with Crippen molar-refractivity contribution in [2.24, 2.45) is 0 Å². The predicted octanol–water partition coefficient (Wildman–Crippen LogP) is 3.12. The fourth-order valence-corrected chi connectivity index (χ4v) is 2.78. The standard InChI is InChI=1S/C16H12ClF3N4O2/c1-8(2)7-23-11-5-9(3-4-10(11)14(17)22-23)24-13(25)6-12(16(18,19)20)21-15(24)26/h3-6H,1,7H2,2H3,(H,21,26). The number of alkyl halides is 3. The third-order valence-electron chi connectivity index (χ3n) is 3.61. The quantitative estimate of drug-likeness (QED) is 0.705. The molecule has 0 fully saturated rings. The van der Waals surface area contributed by atoms with E-state index >= 15 is 0 Å². The van der Waals surface area contributed by atoms with E-state index in [-0.39, 0.29) is 10.8 Å². The molecule has 0 aliphatic rings. The van der Waals surface area contributed by atoms with Gasteiger partial charge < -0.3 is 4.98 Å². The Balaban J connectivity index is 2.22. The number of halogens is 4. The van der Waals surface area contributed by atoms with Gasteiger partial charge in [0, 0.05) is 11.5 Å². The molecule has 0 spiro atoms. The number of hydrogen-bond donors (Lipinski definition) is 1. The summed E-state index contributed by atoms with van der Waals surface area (Å²) in [4.78, 5) is 25.8. The number of benzene rings is 1. The highest BCUT2D eigenvalue weighted by Crippen LogP contribution is 2.27. The molecule has 0 saturated carbocycles. The fourth-order valence-electron chi connectivity index (χ4n) is 2.53. The van der Waals surface area contributed by atoms with Crippen LogP contribution in [0.1, 0.15) is 12.6 Å². The van der Waals surface area contributed by atoms with Crippen LogP contribution >= 0.6 is 11.6 Å². The molecule has 2 aromatic heterocycles. The monoisotopic (exact) mass is 384 g/mol. The molecule has 3 rings (SSSR count). The molecule has 0 amide bonds. The molecule has 1 N–H and O–H groups in total. The average Bonchev–Trinajstić information content (AvgIpc) is 2.81. The Hall–Kier alpha value is -2.81. The summed E-state index contributed by atoms with van der Waals surface area (Å²) in [5, 5.41) is 4.96. The summed E-state index contributed by atoms with van der Waals surface area (Å²) in [6.07, 6.45) is -4.82. The molecule has 26 heavy (non-hydrogen) atoms. The minimum atomic E-state index is -4.82. The molecule has 0 atom stereocenters. The summed E-state index contributed by atoms with van der Waals surface area (Å²) in [6.45, 7) is 5.93. The van der Waals surface area contributed by atoms with Crippen LogP contribution in [0.3, 0.4) is 0 Å². The summed E-state index contributed by atoms with van der Waals surface area (Å²) in [7, 11) is 0. The number of H-pyrrole nitrogens is 1. The Morgan fingerprint density at radius 3 is 2.58 bits per heavy atom. The third-order valence-corrected chi connectivity index (χ3v) is 3.89. The molecule has 0 aliphatic carbocycles. The SMILES string of the molecule is C=C(C)Cn1nc(Cl)c2ccc(-n3c(=O)cc(C(F)(F)F)[nH]c3=O)cc21. The van der Waals surface area contributed by atoms with E-state index in [1.54, 1.807) is 18.0 Å². The van der Waals surface area contributed by atoms with E-state index in [4.69, 9.17) is 11.6 Å². The van der Waals surface area contributed by atoms with Crippen molar-refractivity contribution < 1.29 is 13.2 Å². The smallest absolute Gasteiger partial charge is 0.303 e. The number of aromatic nitrogens is 4. The number of allylic oxidation sites excluding steroid dienone is 1. The first-order valence-electron chi connectivity index (χ1n) is 7.32. The molecule has 10 heteroatoms. The van der Waals surface area contributed by atoms with Gasteiger partial charge >= 0.3 is 11.9 Å². The van der Waals surface area contributed by atoms with Gasteiger partial charge in [-0.1, -0.05) is 23.8 Å². The summed E-state index contributed by atoms with van der Waals surface area (Å²) in [6, 6.07) is 4.74. The molecule has 0 aliphatic heterocycles. The van der Waals surface area contributed by atoms with Crippen molar-refractivity contribution in [1.29, 1.82) is 0 Å². The Morgan fingerprint density at radius 2 is 2.00 bits per heavy atom. The second-order valence-corrected chi connectivity index (χ2v) is 6.12. The molecule has 0 saturated heterocycles. The van der Waals surface area contributed by atoms with E-state index in [2.05, 4.69) is 11.7 Å².